The van der Waals surface area contributed by atoms with E-state index in [1.807, 2.05) is 60.7 Å². The lowest BCUT2D eigenvalue weighted by molar-refractivity contribution is -0.148. The molecular weight excluding hydrogens is 448 g/mol. The van der Waals surface area contributed by atoms with Gasteiger partial charge in [-0.3, -0.25) is 14.4 Å². The van der Waals surface area contributed by atoms with Crippen molar-refractivity contribution in [3.8, 4) is 0 Å². The fourth-order valence-corrected chi connectivity index (χ4v) is 7.13. The molecule has 3 unspecified atom stereocenters. The highest BCUT2D eigenvalue weighted by atomic mass is 16.2. The molecule has 0 saturated heterocycles. The number of primary amides is 2. The van der Waals surface area contributed by atoms with Crippen LogP contribution in [0.1, 0.15) is 68.9 Å². The standard InChI is InChI=1S/C31H40N2O3/c32-29(35)25(19-22-11-3-1-4-12-22)20-27(34)28(24-15-7-8-16-24)31(30(33)36,26-17-9-10-18-26)21-23-13-5-2-6-14-23/h1-6,11-14,24-26,28H,7-10,15-21H2,(H2,32,35)(H2,33,36). The number of carbonyl (C=O) groups excluding carboxylic acids is 3. The maximum Gasteiger partial charge on any atom is 0.224 e. The van der Waals surface area contributed by atoms with E-state index in [9.17, 15) is 14.4 Å². The maximum absolute atomic E-state index is 14.3. The number of hydrogen-bond donors (Lipinski definition) is 2. The molecule has 2 saturated carbocycles. The zero-order valence-corrected chi connectivity index (χ0v) is 21.2. The Balaban J connectivity index is 1.73. The Morgan fingerprint density at radius 2 is 1.31 bits per heavy atom. The van der Waals surface area contributed by atoms with Gasteiger partial charge in [0.1, 0.15) is 5.78 Å². The Labute approximate surface area is 215 Å². The molecule has 4 N–H and O–H groups in total. The molecule has 0 aliphatic heterocycles. The number of benzene rings is 2. The molecule has 0 radical (unpaired) electrons. The smallest absolute Gasteiger partial charge is 0.224 e. The Morgan fingerprint density at radius 1 is 0.778 bits per heavy atom. The van der Waals surface area contributed by atoms with Gasteiger partial charge in [0.15, 0.2) is 0 Å². The molecule has 2 amide bonds. The normalized spacial score (nSPS) is 20.0. The molecule has 2 aliphatic rings. The third-order valence-electron chi connectivity index (χ3n) is 8.83. The van der Waals surface area contributed by atoms with Crippen LogP contribution in [0, 0.1) is 29.1 Å². The zero-order chi connectivity index (χ0) is 25.5. The molecular formula is C31H40N2O3. The maximum atomic E-state index is 14.3. The van der Waals surface area contributed by atoms with E-state index in [2.05, 4.69) is 0 Å². The highest BCUT2D eigenvalue weighted by molar-refractivity contribution is 5.94. The lowest BCUT2D eigenvalue weighted by Gasteiger charge is -2.45. The van der Waals surface area contributed by atoms with E-state index in [1.54, 1.807) is 0 Å². The third-order valence-corrected chi connectivity index (χ3v) is 8.83. The van der Waals surface area contributed by atoms with E-state index in [-0.39, 0.29) is 29.9 Å². The molecule has 5 nitrogen and oxygen atoms in total. The van der Waals surface area contributed by atoms with Gasteiger partial charge in [0.05, 0.1) is 5.41 Å². The molecule has 3 atom stereocenters. The van der Waals surface area contributed by atoms with Crippen LogP contribution in [-0.2, 0) is 27.2 Å². The zero-order valence-electron chi connectivity index (χ0n) is 21.2. The Kier molecular flexibility index (Phi) is 8.60. The van der Waals surface area contributed by atoms with Crippen LogP contribution in [0.2, 0.25) is 0 Å². The van der Waals surface area contributed by atoms with Crippen molar-refractivity contribution in [2.45, 2.75) is 70.6 Å². The summed E-state index contributed by atoms with van der Waals surface area (Å²) in [6.07, 6.45) is 8.85. The molecule has 0 bridgehead atoms. The van der Waals surface area contributed by atoms with E-state index in [0.29, 0.717) is 12.8 Å². The lowest BCUT2D eigenvalue weighted by Crippen LogP contribution is -2.54. The molecule has 36 heavy (non-hydrogen) atoms. The van der Waals surface area contributed by atoms with Gasteiger partial charge in [0.2, 0.25) is 11.8 Å². The van der Waals surface area contributed by atoms with Crippen molar-refractivity contribution in [1.82, 2.24) is 0 Å². The number of Topliss-reactive ketones (excluding diaryl/α,β-unsaturated/α-hetero) is 1. The first kappa shape index (κ1) is 26.1. The van der Waals surface area contributed by atoms with Crippen LogP contribution in [0.25, 0.3) is 0 Å². The fraction of sp³-hybridized carbons (Fsp3) is 0.516. The van der Waals surface area contributed by atoms with Gasteiger partial charge >= 0.3 is 0 Å². The van der Waals surface area contributed by atoms with Gasteiger partial charge in [-0.05, 0) is 61.5 Å². The predicted octanol–water partition coefficient (Wildman–Crippen LogP) is 5.00. The van der Waals surface area contributed by atoms with Gasteiger partial charge in [0.25, 0.3) is 0 Å². The summed E-state index contributed by atoms with van der Waals surface area (Å²) in [7, 11) is 0. The van der Waals surface area contributed by atoms with Crippen LogP contribution in [0.4, 0.5) is 0 Å². The topological polar surface area (TPSA) is 103 Å². The minimum absolute atomic E-state index is 0.0109. The molecule has 2 aromatic rings. The quantitative estimate of drug-likeness (QED) is 0.439. The van der Waals surface area contributed by atoms with E-state index < -0.39 is 23.2 Å². The Hall–Kier alpha value is -2.95. The average Bonchev–Trinajstić information content (AvgIpc) is 3.59. The third kappa shape index (κ3) is 5.71. The largest absolute Gasteiger partial charge is 0.369 e. The SMILES string of the molecule is NC(=O)C(CC(=O)C(C1CCCC1)C(Cc1ccccc1)(C(N)=O)C1CCCC1)Cc1ccccc1. The number of rotatable bonds is 12. The summed E-state index contributed by atoms with van der Waals surface area (Å²) in [6, 6.07) is 19.7. The minimum atomic E-state index is -0.946. The first-order chi connectivity index (χ1) is 17.4. The second-order valence-corrected chi connectivity index (χ2v) is 11.0. The van der Waals surface area contributed by atoms with E-state index in [0.717, 1.165) is 62.5 Å². The van der Waals surface area contributed by atoms with Crippen molar-refractivity contribution in [2.24, 2.45) is 40.6 Å². The van der Waals surface area contributed by atoms with Crippen molar-refractivity contribution >= 4 is 17.6 Å². The van der Waals surface area contributed by atoms with Crippen LogP contribution in [0.5, 0.6) is 0 Å². The van der Waals surface area contributed by atoms with Crippen molar-refractivity contribution in [3.63, 3.8) is 0 Å². The van der Waals surface area contributed by atoms with Crippen molar-refractivity contribution < 1.29 is 14.4 Å². The van der Waals surface area contributed by atoms with Crippen LogP contribution in [-0.4, -0.2) is 17.6 Å². The molecule has 0 spiro atoms. The number of nitrogens with two attached hydrogens (primary N) is 2. The second kappa shape index (κ2) is 11.9. The number of carbonyl (C=O) groups is 3. The van der Waals surface area contributed by atoms with Gasteiger partial charge in [0, 0.05) is 18.3 Å². The molecule has 2 aliphatic carbocycles. The van der Waals surface area contributed by atoms with Gasteiger partial charge in [-0.25, -0.2) is 0 Å². The summed E-state index contributed by atoms with van der Waals surface area (Å²) >= 11 is 0. The first-order valence-corrected chi connectivity index (χ1v) is 13.6. The summed E-state index contributed by atoms with van der Waals surface area (Å²) < 4.78 is 0. The highest BCUT2D eigenvalue weighted by Crippen LogP contribution is 2.53. The van der Waals surface area contributed by atoms with E-state index in [4.69, 9.17) is 11.5 Å². The fourth-order valence-electron chi connectivity index (χ4n) is 7.13. The average molecular weight is 489 g/mol. The van der Waals surface area contributed by atoms with Crippen LogP contribution >= 0.6 is 0 Å². The van der Waals surface area contributed by atoms with Crippen LogP contribution in [0.15, 0.2) is 60.7 Å². The summed E-state index contributed by atoms with van der Waals surface area (Å²) in [5, 5.41) is 0. The van der Waals surface area contributed by atoms with Crippen molar-refractivity contribution in [3.05, 3.63) is 71.8 Å². The second-order valence-electron chi connectivity index (χ2n) is 11.0. The molecule has 0 heterocycles. The highest BCUT2D eigenvalue weighted by Gasteiger charge is 2.56. The Morgan fingerprint density at radius 3 is 1.83 bits per heavy atom. The summed E-state index contributed by atoms with van der Waals surface area (Å²) in [4.78, 5) is 40.4. The van der Waals surface area contributed by atoms with Gasteiger partial charge < -0.3 is 11.5 Å². The molecule has 2 aromatic carbocycles. The van der Waals surface area contributed by atoms with E-state index >= 15 is 0 Å². The van der Waals surface area contributed by atoms with Crippen LogP contribution in [0.3, 0.4) is 0 Å². The number of hydrogen-bond acceptors (Lipinski definition) is 3. The Bertz CT molecular complexity index is 1030. The first-order valence-electron chi connectivity index (χ1n) is 13.6. The van der Waals surface area contributed by atoms with Crippen molar-refractivity contribution in [1.29, 1.82) is 0 Å². The van der Waals surface area contributed by atoms with Crippen LogP contribution < -0.4 is 11.5 Å². The number of ketones is 1. The summed E-state index contributed by atoms with van der Waals surface area (Å²) in [5.41, 5.74) is 13.2. The van der Waals surface area contributed by atoms with Gasteiger partial charge in [-0.2, -0.15) is 0 Å². The van der Waals surface area contributed by atoms with E-state index in [1.165, 1.54) is 0 Å². The lowest BCUT2D eigenvalue weighted by atomic mass is 9.56. The molecule has 2 fully saturated rings. The minimum Gasteiger partial charge on any atom is -0.369 e. The van der Waals surface area contributed by atoms with Gasteiger partial charge in [-0.15, -0.1) is 0 Å². The molecule has 0 aromatic heterocycles. The summed E-state index contributed by atoms with van der Waals surface area (Å²) in [5.74, 6) is -1.74. The van der Waals surface area contributed by atoms with Crippen molar-refractivity contribution in [2.75, 3.05) is 0 Å². The molecule has 4 rings (SSSR count). The monoisotopic (exact) mass is 488 g/mol. The summed E-state index contributed by atoms with van der Waals surface area (Å²) in [6.45, 7) is 0. The predicted molar refractivity (Wildman–Crippen MR) is 142 cm³/mol. The number of amides is 2. The molecule has 192 valence electrons. The molecule has 5 heteroatoms. The van der Waals surface area contributed by atoms with Gasteiger partial charge in [-0.1, -0.05) is 86.3 Å².